The summed E-state index contributed by atoms with van der Waals surface area (Å²) in [6.45, 7) is 0.282. The van der Waals surface area contributed by atoms with Crippen molar-refractivity contribution in [3.8, 4) is 0 Å². The number of nitrogens with one attached hydrogen (secondary N) is 2. The van der Waals surface area contributed by atoms with Crippen LogP contribution in [0.15, 0.2) is 0 Å². The molecule has 5 nitrogen and oxygen atoms in total. The Morgan fingerprint density at radius 2 is 1.81 bits per heavy atom. The first-order valence-electron chi connectivity index (χ1n) is 7.21. The molecule has 1 saturated carbocycles. The number of ether oxygens (including phenoxy) is 2. The molecule has 2 aliphatic rings. The molecular weight excluding hydrogens is 289 g/mol. The highest BCUT2D eigenvalue weighted by atomic mass is 19.4. The minimum Gasteiger partial charge on any atom is -0.355 e. The Hall–Kier alpha value is -0.860. The highest BCUT2D eigenvalue weighted by molar-refractivity contribution is 5.77. The lowest BCUT2D eigenvalue weighted by molar-refractivity contribution is -0.182. The molecule has 0 aromatic rings. The normalized spacial score (nSPS) is 22.6. The summed E-state index contributed by atoms with van der Waals surface area (Å²) in [4.78, 5) is 11.4. The van der Waals surface area contributed by atoms with Crippen molar-refractivity contribution < 1.29 is 27.4 Å². The average molecular weight is 310 g/mol. The van der Waals surface area contributed by atoms with Gasteiger partial charge in [-0.05, 0) is 18.8 Å². The summed E-state index contributed by atoms with van der Waals surface area (Å²) in [6.07, 6.45) is -0.911. The third kappa shape index (κ3) is 5.44. The first kappa shape index (κ1) is 16.5. The molecule has 1 aliphatic heterocycles. The molecule has 8 heteroatoms. The minimum atomic E-state index is -4.29. The van der Waals surface area contributed by atoms with Gasteiger partial charge in [-0.2, -0.15) is 13.2 Å². The van der Waals surface area contributed by atoms with Crippen LogP contribution in [0.2, 0.25) is 0 Å². The van der Waals surface area contributed by atoms with Gasteiger partial charge in [0, 0.05) is 19.4 Å². The number of halogens is 3. The third-order valence-electron chi connectivity index (χ3n) is 3.88. The van der Waals surface area contributed by atoms with Crippen LogP contribution in [0.4, 0.5) is 13.2 Å². The largest absolute Gasteiger partial charge is 0.401 e. The molecule has 1 spiro atoms. The van der Waals surface area contributed by atoms with E-state index >= 15 is 0 Å². The molecule has 0 aromatic heterocycles. The molecule has 1 amide bonds. The number of carbonyl (C=O) groups excluding carboxylic acids is 1. The molecule has 21 heavy (non-hydrogen) atoms. The first-order valence-corrected chi connectivity index (χ1v) is 7.21. The summed E-state index contributed by atoms with van der Waals surface area (Å²) in [5.41, 5.74) is 0. The van der Waals surface area contributed by atoms with Crippen LogP contribution in [-0.2, 0) is 14.3 Å². The van der Waals surface area contributed by atoms with Crippen LogP contribution in [0, 0.1) is 5.92 Å². The van der Waals surface area contributed by atoms with Gasteiger partial charge in [-0.15, -0.1) is 0 Å². The van der Waals surface area contributed by atoms with Crippen molar-refractivity contribution in [2.75, 3.05) is 32.8 Å². The Morgan fingerprint density at radius 1 is 1.19 bits per heavy atom. The quantitative estimate of drug-likeness (QED) is 0.801. The summed E-state index contributed by atoms with van der Waals surface area (Å²) in [6, 6.07) is 0. The molecular formula is C13H21F3N2O3. The molecule has 2 N–H and O–H groups in total. The van der Waals surface area contributed by atoms with Crippen LogP contribution in [0.5, 0.6) is 0 Å². The van der Waals surface area contributed by atoms with E-state index in [0.717, 1.165) is 25.7 Å². The molecule has 0 radical (unpaired) electrons. The number of alkyl halides is 3. The van der Waals surface area contributed by atoms with Crippen LogP contribution in [0.1, 0.15) is 25.7 Å². The number of amides is 1. The van der Waals surface area contributed by atoms with E-state index in [9.17, 15) is 18.0 Å². The molecule has 0 bridgehead atoms. The summed E-state index contributed by atoms with van der Waals surface area (Å²) < 4.78 is 47.0. The summed E-state index contributed by atoms with van der Waals surface area (Å²) in [5, 5.41) is 4.74. The molecule has 122 valence electrons. The molecule has 1 saturated heterocycles. The average Bonchev–Trinajstić information content (AvgIpc) is 2.85. The van der Waals surface area contributed by atoms with Gasteiger partial charge in [0.25, 0.3) is 0 Å². The lowest BCUT2D eigenvalue weighted by Crippen LogP contribution is -2.42. The van der Waals surface area contributed by atoms with Gasteiger partial charge in [0.1, 0.15) is 0 Å². The fourth-order valence-electron chi connectivity index (χ4n) is 2.75. The lowest BCUT2D eigenvalue weighted by Gasteiger charge is -2.35. The van der Waals surface area contributed by atoms with Gasteiger partial charge in [0.2, 0.25) is 5.91 Å². The summed E-state index contributed by atoms with van der Waals surface area (Å²) >= 11 is 0. The van der Waals surface area contributed by atoms with Gasteiger partial charge >= 0.3 is 6.18 Å². The van der Waals surface area contributed by atoms with E-state index in [1.165, 1.54) is 0 Å². The Balaban J connectivity index is 1.58. The number of rotatable bonds is 5. The highest BCUT2D eigenvalue weighted by Crippen LogP contribution is 2.37. The topological polar surface area (TPSA) is 59.6 Å². The van der Waals surface area contributed by atoms with Gasteiger partial charge in [0.05, 0.1) is 26.3 Å². The second-order valence-corrected chi connectivity index (χ2v) is 5.57. The fraction of sp³-hybridized carbons (Fsp3) is 0.923. The zero-order chi connectivity index (χ0) is 15.3. The molecule has 0 aromatic carbocycles. The summed E-state index contributed by atoms with van der Waals surface area (Å²) in [7, 11) is 0. The Kier molecular flexibility index (Phi) is 5.45. The molecule has 2 fully saturated rings. The van der Waals surface area contributed by atoms with E-state index in [4.69, 9.17) is 9.47 Å². The SMILES string of the molecule is O=C(CNCC(F)(F)F)NCC1CCC2(CC1)OCCO2. The highest BCUT2D eigenvalue weighted by Gasteiger charge is 2.40. The van der Waals surface area contributed by atoms with Crippen LogP contribution < -0.4 is 10.6 Å². The second kappa shape index (κ2) is 6.93. The second-order valence-electron chi connectivity index (χ2n) is 5.57. The van der Waals surface area contributed by atoms with E-state index in [2.05, 4.69) is 10.6 Å². The predicted molar refractivity (Wildman–Crippen MR) is 68.5 cm³/mol. The van der Waals surface area contributed by atoms with Crippen LogP contribution >= 0.6 is 0 Å². The Labute approximate surface area is 121 Å². The van der Waals surface area contributed by atoms with E-state index in [-0.39, 0.29) is 6.54 Å². The minimum absolute atomic E-state index is 0.317. The van der Waals surface area contributed by atoms with Crippen LogP contribution in [0.25, 0.3) is 0 Å². The van der Waals surface area contributed by atoms with Crippen LogP contribution in [0.3, 0.4) is 0 Å². The molecule has 2 rings (SSSR count). The van der Waals surface area contributed by atoms with E-state index in [1.807, 2.05) is 0 Å². The number of hydrogen-bond donors (Lipinski definition) is 2. The van der Waals surface area contributed by atoms with Gasteiger partial charge in [-0.1, -0.05) is 0 Å². The smallest absolute Gasteiger partial charge is 0.355 e. The maximum Gasteiger partial charge on any atom is 0.401 e. The van der Waals surface area contributed by atoms with E-state index in [0.29, 0.717) is 25.7 Å². The monoisotopic (exact) mass is 310 g/mol. The Morgan fingerprint density at radius 3 is 2.38 bits per heavy atom. The number of hydrogen-bond acceptors (Lipinski definition) is 4. The van der Waals surface area contributed by atoms with Gasteiger partial charge in [0.15, 0.2) is 5.79 Å². The maximum absolute atomic E-state index is 11.9. The molecule has 0 unspecified atom stereocenters. The summed E-state index contributed by atoms with van der Waals surface area (Å²) in [5.74, 6) is -0.503. The zero-order valence-electron chi connectivity index (χ0n) is 11.8. The van der Waals surface area contributed by atoms with Crippen LogP contribution in [-0.4, -0.2) is 50.7 Å². The van der Waals surface area contributed by atoms with Crippen molar-refractivity contribution >= 4 is 5.91 Å². The molecule has 1 aliphatic carbocycles. The fourth-order valence-corrected chi connectivity index (χ4v) is 2.75. The van der Waals surface area contributed by atoms with Crippen molar-refractivity contribution in [1.29, 1.82) is 0 Å². The lowest BCUT2D eigenvalue weighted by atomic mass is 9.85. The zero-order valence-corrected chi connectivity index (χ0v) is 11.8. The third-order valence-corrected chi connectivity index (χ3v) is 3.88. The van der Waals surface area contributed by atoms with Crippen molar-refractivity contribution in [2.24, 2.45) is 5.92 Å². The van der Waals surface area contributed by atoms with Gasteiger partial charge in [-0.3, -0.25) is 4.79 Å². The first-order chi connectivity index (χ1) is 9.89. The van der Waals surface area contributed by atoms with Gasteiger partial charge < -0.3 is 20.1 Å². The maximum atomic E-state index is 11.9. The van der Waals surface area contributed by atoms with Crippen molar-refractivity contribution in [1.82, 2.24) is 10.6 Å². The van der Waals surface area contributed by atoms with E-state index < -0.39 is 24.4 Å². The molecule has 0 atom stereocenters. The predicted octanol–water partition coefficient (Wildman–Crippen LogP) is 1.19. The van der Waals surface area contributed by atoms with Crippen molar-refractivity contribution in [3.63, 3.8) is 0 Å². The van der Waals surface area contributed by atoms with E-state index in [1.54, 1.807) is 0 Å². The van der Waals surface area contributed by atoms with Crippen molar-refractivity contribution in [2.45, 2.75) is 37.6 Å². The number of carbonyl (C=O) groups is 1. The standard InChI is InChI=1S/C13H21F3N2O3/c14-13(15,16)9-17-8-11(19)18-7-10-1-3-12(4-2-10)20-5-6-21-12/h10,17H,1-9H2,(H,18,19). The van der Waals surface area contributed by atoms with Gasteiger partial charge in [-0.25, -0.2) is 0 Å². The molecule has 1 heterocycles. The van der Waals surface area contributed by atoms with Crippen molar-refractivity contribution in [3.05, 3.63) is 0 Å². The Bertz CT molecular complexity index is 347.